The zero-order chi connectivity index (χ0) is 21.5. The highest BCUT2D eigenvalue weighted by atomic mass is 19.1. The molecule has 5 nitrogen and oxygen atoms in total. The van der Waals surface area contributed by atoms with Crippen LogP contribution in [0.1, 0.15) is 24.5 Å². The molecule has 1 aliphatic rings. The lowest BCUT2D eigenvalue weighted by molar-refractivity contribution is 0.210. The first kappa shape index (κ1) is 21.4. The Kier molecular flexibility index (Phi) is 7.22. The summed E-state index contributed by atoms with van der Waals surface area (Å²) in [5.74, 6) is 0.382. The van der Waals surface area contributed by atoms with Gasteiger partial charge in [0.25, 0.3) is 0 Å². The summed E-state index contributed by atoms with van der Waals surface area (Å²) in [4.78, 5) is 11.6. The molecule has 0 saturated carbocycles. The summed E-state index contributed by atoms with van der Waals surface area (Å²) in [5.41, 5.74) is 4.24. The van der Waals surface area contributed by atoms with Crippen LogP contribution < -0.4 is 10.6 Å². The van der Waals surface area contributed by atoms with E-state index in [1.165, 1.54) is 18.1 Å². The van der Waals surface area contributed by atoms with Crippen molar-refractivity contribution >= 4 is 5.95 Å². The molecule has 0 bridgehead atoms. The third-order valence-electron chi connectivity index (χ3n) is 5.81. The van der Waals surface area contributed by atoms with Crippen molar-refractivity contribution in [2.75, 3.05) is 31.5 Å². The molecular formula is C25H30FN5. The van der Waals surface area contributed by atoms with Gasteiger partial charge in [-0.2, -0.15) is 0 Å². The summed E-state index contributed by atoms with van der Waals surface area (Å²) in [6.07, 6.45) is 3.70. The number of nitrogens with one attached hydrogen (secondary N) is 2. The van der Waals surface area contributed by atoms with E-state index in [0.717, 1.165) is 43.0 Å². The van der Waals surface area contributed by atoms with Crippen LogP contribution in [0.15, 0.2) is 60.8 Å². The van der Waals surface area contributed by atoms with Gasteiger partial charge in [-0.25, -0.2) is 14.4 Å². The van der Waals surface area contributed by atoms with E-state index in [1.54, 1.807) is 18.3 Å². The number of anilines is 1. The normalized spacial score (nSPS) is 16.0. The van der Waals surface area contributed by atoms with Crippen molar-refractivity contribution in [3.05, 3.63) is 77.7 Å². The minimum absolute atomic E-state index is 0.207. The van der Waals surface area contributed by atoms with Crippen molar-refractivity contribution in [1.29, 1.82) is 0 Å². The summed E-state index contributed by atoms with van der Waals surface area (Å²) in [5, 5.41) is 6.72. The number of hydrogen-bond donors (Lipinski definition) is 2. The first-order chi connectivity index (χ1) is 15.2. The molecule has 0 amide bonds. The Morgan fingerprint density at radius 2 is 2.00 bits per heavy atom. The SMILES string of the molecule is CCN(Cc1cccc(-c2ccnc(NCCc3cccc(F)c3)n2)c1)[C@H]1CCNC1. The van der Waals surface area contributed by atoms with E-state index >= 15 is 0 Å². The molecule has 4 rings (SSSR count). The molecule has 0 radical (unpaired) electrons. The van der Waals surface area contributed by atoms with Crippen molar-refractivity contribution in [3.8, 4) is 11.3 Å². The van der Waals surface area contributed by atoms with Gasteiger partial charge in [0.15, 0.2) is 0 Å². The second-order valence-electron chi connectivity index (χ2n) is 7.98. The molecule has 2 N–H and O–H groups in total. The van der Waals surface area contributed by atoms with Crippen LogP contribution in [-0.4, -0.2) is 47.1 Å². The van der Waals surface area contributed by atoms with Crippen LogP contribution in [0.4, 0.5) is 10.3 Å². The second-order valence-corrected chi connectivity index (χ2v) is 7.98. The van der Waals surface area contributed by atoms with Gasteiger partial charge in [-0.05, 0) is 61.3 Å². The van der Waals surface area contributed by atoms with Gasteiger partial charge >= 0.3 is 0 Å². The molecule has 2 heterocycles. The minimum atomic E-state index is -0.207. The molecule has 0 unspecified atom stereocenters. The Morgan fingerprint density at radius 1 is 1.13 bits per heavy atom. The van der Waals surface area contributed by atoms with E-state index in [4.69, 9.17) is 0 Å². The number of halogens is 1. The maximum atomic E-state index is 13.3. The molecule has 1 atom stereocenters. The average molecular weight is 420 g/mol. The molecule has 1 saturated heterocycles. The molecule has 0 aliphatic carbocycles. The second kappa shape index (κ2) is 10.5. The average Bonchev–Trinajstić information content (AvgIpc) is 3.33. The molecule has 31 heavy (non-hydrogen) atoms. The maximum Gasteiger partial charge on any atom is 0.223 e. The third kappa shape index (κ3) is 5.87. The first-order valence-corrected chi connectivity index (χ1v) is 11.1. The van der Waals surface area contributed by atoms with E-state index in [-0.39, 0.29) is 5.82 Å². The Morgan fingerprint density at radius 3 is 2.81 bits per heavy atom. The van der Waals surface area contributed by atoms with E-state index in [1.807, 2.05) is 12.1 Å². The van der Waals surface area contributed by atoms with E-state index in [9.17, 15) is 4.39 Å². The van der Waals surface area contributed by atoms with Crippen molar-refractivity contribution in [2.24, 2.45) is 0 Å². The number of benzene rings is 2. The van der Waals surface area contributed by atoms with Gasteiger partial charge in [-0.3, -0.25) is 4.90 Å². The lowest BCUT2D eigenvalue weighted by atomic mass is 10.1. The predicted octanol–water partition coefficient (Wildman–Crippen LogP) is 4.12. The zero-order valence-corrected chi connectivity index (χ0v) is 18.0. The fourth-order valence-electron chi connectivity index (χ4n) is 4.13. The van der Waals surface area contributed by atoms with Gasteiger partial charge in [0.2, 0.25) is 5.95 Å². The molecule has 162 valence electrons. The minimum Gasteiger partial charge on any atom is -0.354 e. The monoisotopic (exact) mass is 419 g/mol. The number of likely N-dealkylation sites (N-methyl/N-ethyl adjacent to an activating group) is 1. The fraction of sp³-hybridized carbons (Fsp3) is 0.360. The molecule has 6 heteroatoms. The largest absolute Gasteiger partial charge is 0.354 e. The van der Waals surface area contributed by atoms with Crippen LogP contribution in [0.25, 0.3) is 11.3 Å². The molecule has 1 aromatic heterocycles. The zero-order valence-electron chi connectivity index (χ0n) is 18.0. The fourth-order valence-corrected chi connectivity index (χ4v) is 4.13. The number of rotatable bonds is 9. The van der Waals surface area contributed by atoms with Crippen molar-refractivity contribution in [2.45, 2.75) is 32.4 Å². The lowest BCUT2D eigenvalue weighted by Crippen LogP contribution is -2.36. The van der Waals surface area contributed by atoms with Crippen LogP contribution in [0.2, 0.25) is 0 Å². The van der Waals surface area contributed by atoms with Crippen molar-refractivity contribution < 1.29 is 4.39 Å². The van der Waals surface area contributed by atoms with Gasteiger partial charge in [0.05, 0.1) is 5.69 Å². The van der Waals surface area contributed by atoms with Gasteiger partial charge in [0.1, 0.15) is 5.82 Å². The lowest BCUT2D eigenvalue weighted by Gasteiger charge is -2.27. The highest BCUT2D eigenvalue weighted by molar-refractivity contribution is 5.60. The van der Waals surface area contributed by atoms with E-state index in [2.05, 4.69) is 56.7 Å². The third-order valence-corrected chi connectivity index (χ3v) is 5.81. The Balaban J connectivity index is 1.40. The summed E-state index contributed by atoms with van der Waals surface area (Å²) >= 11 is 0. The smallest absolute Gasteiger partial charge is 0.223 e. The number of aromatic nitrogens is 2. The van der Waals surface area contributed by atoms with Gasteiger partial charge in [-0.15, -0.1) is 0 Å². The Hall–Kier alpha value is -2.83. The van der Waals surface area contributed by atoms with Crippen molar-refractivity contribution in [3.63, 3.8) is 0 Å². The first-order valence-electron chi connectivity index (χ1n) is 11.1. The van der Waals surface area contributed by atoms with E-state index < -0.39 is 0 Å². The van der Waals surface area contributed by atoms with Crippen LogP contribution >= 0.6 is 0 Å². The van der Waals surface area contributed by atoms with E-state index in [0.29, 0.717) is 25.0 Å². The van der Waals surface area contributed by atoms with Crippen LogP contribution in [0.3, 0.4) is 0 Å². The number of nitrogens with zero attached hydrogens (tertiary/aromatic N) is 3. The van der Waals surface area contributed by atoms with Crippen LogP contribution in [0.5, 0.6) is 0 Å². The molecule has 0 spiro atoms. The molecule has 1 fully saturated rings. The maximum absolute atomic E-state index is 13.3. The summed E-state index contributed by atoms with van der Waals surface area (Å²) < 4.78 is 13.3. The van der Waals surface area contributed by atoms with Crippen LogP contribution in [0, 0.1) is 5.82 Å². The summed E-state index contributed by atoms with van der Waals surface area (Å²) in [7, 11) is 0. The summed E-state index contributed by atoms with van der Waals surface area (Å²) in [6.45, 7) is 7.05. The van der Waals surface area contributed by atoms with Crippen LogP contribution in [-0.2, 0) is 13.0 Å². The highest BCUT2D eigenvalue weighted by Gasteiger charge is 2.21. The highest BCUT2D eigenvalue weighted by Crippen LogP contribution is 2.21. The van der Waals surface area contributed by atoms with Gasteiger partial charge in [0, 0.05) is 37.4 Å². The van der Waals surface area contributed by atoms with Gasteiger partial charge < -0.3 is 10.6 Å². The Labute approximate surface area is 183 Å². The molecule has 3 aromatic rings. The quantitative estimate of drug-likeness (QED) is 0.546. The standard InChI is InChI=1S/C25H30FN5/c1-2-31(23-10-12-27-17-23)18-20-6-3-7-21(15-20)24-11-14-29-25(30-24)28-13-9-19-5-4-8-22(26)16-19/h3-8,11,14-16,23,27H,2,9-10,12-13,17-18H2,1H3,(H,28,29,30)/t23-/m0/s1. The molecular weight excluding hydrogens is 389 g/mol. The van der Waals surface area contributed by atoms with Gasteiger partial charge in [-0.1, -0.05) is 37.3 Å². The predicted molar refractivity (Wildman–Crippen MR) is 123 cm³/mol. The van der Waals surface area contributed by atoms with Crippen molar-refractivity contribution in [1.82, 2.24) is 20.2 Å². The summed E-state index contributed by atoms with van der Waals surface area (Å²) in [6, 6.07) is 17.8. The topological polar surface area (TPSA) is 53.1 Å². The Bertz CT molecular complexity index is 987. The number of hydrogen-bond acceptors (Lipinski definition) is 5. The molecule has 2 aromatic carbocycles. The molecule has 1 aliphatic heterocycles.